The van der Waals surface area contributed by atoms with Crippen molar-refractivity contribution in [2.75, 3.05) is 0 Å². The zero-order valence-corrected chi connectivity index (χ0v) is 10.2. The van der Waals surface area contributed by atoms with Crippen LogP contribution >= 0.6 is 0 Å². The molecule has 0 radical (unpaired) electrons. The smallest absolute Gasteiger partial charge is 0.0257 e. The molecule has 0 aromatic heterocycles. The number of allylic oxidation sites excluding steroid dienone is 5. The third kappa shape index (κ3) is 10.3. The van der Waals surface area contributed by atoms with Gasteiger partial charge in [-0.3, -0.25) is 0 Å². The van der Waals surface area contributed by atoms with Gasteiger partial charge in [-0.15, -0.1) is 6.58 Å². The van der Waals surface area contributed by atoms with Gasteiger partial charge in [0.1, 0.15) is 0 Å². The minimum atomic E-state index is 1.17. The van der Waals surface area contributed by atoms with E-state index in [1.807, 2.05) is 50.3 Å². The van der Waals surface area contributed by atoms with Crippen LogP contribution in [0.5, 0.6) is 0 Å². The SMILES string of the molecule is C=C(C)C.C=CC=CC=Cc1ccccc1. The van der Waals surface area contributed by atoms with Gasteiger partial charge in [0.2, 0.25) is 0 Å². The fourth-order valence-corrected chi connectivity index (χ4v) is 0.874. The van der Waals surface area contributed by atoms with Crippen LogP contribution in [-0.2, 0) is 0 Å². The molecule has 0 N–H and O–H groups in total. The Balaban J connectivity index is 0.000000487. The predicted molar refractivity (Wildman–Crippen MR) is 75.3 cm³/mol. The summed E-state index contributed by atoms with van der Waals surface area (Å²) in [5.41, 5.74) is 2.38. The quantitative estimate of drug-likeness (QED) is 0.487. The van der Waals surface area contributed by atoms with E-state index in [9.17, 15) is 0 Å². The van der Waals surface area contributed by atoms with Crippen molar-refractivity contribution in [3.05, 3.63) is 78.9 Å². The molecule has 16 heavy (non-hydrogen) atoms. The van der Waals surface area contributed by atoms with Gasteiger partial charge in [-0.1, -0.05) is 72.9 Å². The van der Waals surface area contributed by atoms with Crippen molar-refractivity contribution in [1.82, 2.24) is 0 Å². The van der Waals surface area contributed by atoms with E-state index in [0.29, 0.717) is 0 Å². The van der Waals surface area contributed by atoms with Crippen LogP contribution in [0.1, 0.15) is 19.4 Å². The first kappa shape index (κ1) is 14.2. The van der Waals surface area contributed by atoms with Gasteiger partial charge >= 0.3 is 0 Å². The maximum atomic E-state index is 3.58. The topological polar surface area (TPSA) is 0 Å². The summed E-state index contributed by atoms with van der Waals surface area (Å²) < 4.78 is 0. The highest BCUT2D eigenvalue weighted by atomic mass is 13.8. The van der Waals surface area contributed by atoms with E-state index in [0.717, 1.165) is 0 Å². The number of rotatable bonds is 3. The van der Waals surface area contributed by atoms with Crippen LogP contribution in [-0.4, -0.2) is 0 Å². The monoisotopic (exact) mass is 212 g/mol. The molecule has 0 bridgehead atoms. The summed E-state index contributed by atoms with van der Waals surface area (Å²) in [5.74, 6) is 0. The molecule has 0 amide bonds. The van der Waals surface area contributed by atoms with Crippen molar-refractivity contribution < 1.29 is 0 Å². The van der Waals surface area contributed by atoms with Crippen LogP contribution in [0.3, 0.4) is 0 Å². The second-order valence-corrected chi connectivity index (χ2v) is 3.60. The fourth-order valence-electron chi connectivity index (χ4n) is 0.874. The highest BCUT2D eigenvalue weighted by Crippen LogP contribution is 2.00. The van der Waals surface area contributed by atoms with Crippen LogP contribution in [0.25, 0.3) is 6.08 Å². The van der Waals surface area contributed by atoms with Gasteiger partial charge in [0.05, 0.1) is 0 Å². The Morgan fingerprint density at radius 2 is 1.56 bits per heavy atom. The minimum absolute atomic E-state index is 1.17. The van der Waals surface area contributed by atoms with Crippen LogP contribution in [0.2, 0.25) is 0 Å². The lowest BCUT2D eigenvalue weighted by molar-refractivity contribution is 1.42. The summed E-state index contributed by atoms with van der Waals surface area (Å²) in [6.07, 6.45) is 9.67. The summed E-state index contributed by atoms with van der Waals surface area (Å²) in [7, 11) is 0. The van der Waals surface area contributed by atoms with E-state index < -0.39 is 0 Å². The third-order valence-corrected chi connectivity index (χ3v) is 1.45. The lowest BCUT2D eigenvalue weighted by Crippen LogP contribution is -1.66. The van der Waals surface area contributed by atoms with E-state index in [2.05, 4.69) is 31.4 Å². The Morgan fingerprint density at radius 3 is 2.06 bits per heavy atom. The van der Waals surface area contributed by atoms with Crippen molar-refractivity contribution in [3.8, 4) is 0 Å². The Kier molecular flexibility index (Phi) is 8.62. The molecule has 0 aliphatic rings. The normalized spacial score (nSPS) is 9.88. The lowest BCUT2D eigenvalue weighted by atomic mass is 10.2. The molecule has 1 aromatic carbocycles. The lowest BCUT2D eigenvalue weighted by Gasteiger charge is -1.87. The number of hydrogen-bond acceptors (Lipinski definition) is 0. The van der Waals surface area contributed by atoms with Gasteiger partial charge in [0.25, 0.3) is 0 Å². The minimum Gasteiger partial charge on any atom is -0.100 e. The zero-order valence-electron chi connectivity index (χ0n) is 10.2. The Labute approximate surface area is 99.3 Å². The van der Waals surface area contributed by atoms with Crippen LogP contribution in [0, 0.1) is 0 Å². The Bertz CT molecular complexity index is 349. The summed E-state index contributed by atoms with van der Waals surface area (Å²) in [6, 6.07) is 10.2. The third-order valence-electron chi connectivity index (χ3n) is 1.45. The molecule has 0 nitrogen and oxygen atoms in total. The average Bonchev–Trinajstić information content (AvgIpc) is 2.25. The summed E-state index contributed by atoms with van der Waals surface area (Å²) in [6.45, 7) is 11.1. The summed E-state index contributed by atoms with van der Waals surface area (Å²) in [4.78, 5) is 0. The van der Waals surface area contributed by atoms with Gasteiger partial charge < -0.3 is 0 Å². The van der Waals surface area contributed by atoms with E-state index in [1.165, 1.54) is 11.1 Å². The van der Waals surface area contributed by atoms with Crippen molar-refractivity contribution in [1.29, 1.82) is 0 Å². The second-order valence-electron chi connectivity index (χ2n) is 3.60. The molecule has 0 saturated heterocycles. The molecule has 0 fully saturated rings. The predicted octanol–water partition coefficient (Wildman–Crippen LogP) is 5.02. The molecule has 0 aliphatic heterocycles. The molecule has 0 unspecified atom stereocenters. The molecule has 0 saturated carbocycles. The van der Waals surface area contributed by atoms with E-state index >= 15 is 0 Å². The molecular formula is C16H20. The zero-order chi connectivity index (χ0) is 12.2. The van der Waals surface area contributed by atoms with Crippen LogP contribution < -0.4 is 0 Å². The van der Waals surface area contributed by atoms with Gasteiger partial charge in [-0.05, 0) is 19.4 Å². The van der Waals surface area contributed by atoms with Crippen LogP contribution in [0.4, 0.5) is 0 Å². The molecule has 0 heterocycles. The van der Waals surface area contributed by atoms with E-state index in [4.69, 9.17) is 0 Å². The average molecular weight is 212 g/mol. The Morgan fingerprint density at radius 1 is 1.00 bits per heavy atom. The first-order valence-electron chi connectivity index (χ1n) is 5.29. The largest absolute Gasteiger partial charge is 0.100 e. The van der Waals surface area contributed by atoms with Crippen molar-refractivity contribution >= 4 is 6.08 Å². The molecule has 84 valence electrons. The second kappa shape index (κ2) is 9.72. The van der Waals surface area contributed by atoms with Gasteiger partial charge in [-0.2, -0.15) is 0 Å². The first-order chi connectivity index (χ1) is 7.66. The summed E-state index contributed by atoms with van der Waals surface area (Å²) >= 11 is 0. The van der Waals surface area contributed by atoms with Gasteiger partial charge in [0, 0.05) is 0 Å². The standard InChI is InChI=1S/C12H12.C4H8/c1-2-3-4-6-9-12-10-7-5-8-11-12;1-4(2)3/h2-11H,1H2;1H2,2-3H3. The maximum absolute atomic E-state index is 3.58. The fraction of sp³-hybridized carbons (Fsp3) is 0.125. The summed E-state index contributed by atoms with van der Waals surface area (Å²) in [5, 5.41) is 0. The number of benzene rings is 1. The number of hydrogen-bond donors (Lipinski definition) is 0. The highest BCUT2D eigenvalue weighted by Gasteiger charge is 1.78. The molecule has 0 aliphatic carbocycles. The molecular weight excluding hydrogens is 192 g/mol. The molecule has 0 atom stereocenters. The first-order valence-corrected chi connectivity index (χ1v) is 5.29. The van der Waals surface area contributed by atoms with E-state index in [1.54, 1.807) is 6.08 Å². The molecule has 1 rings (SSSR count). The van der Waals surface area contributed by atoms with Crippen molar-refractivity contribution in [2.45, 2.75) is 13.8 Å². The maximum Gasteiger partial charge on any atom is -0.0257 e. The molecule has 1 aromatic rings. The molecule has 0 spiro atoms. The van der Waals surface area contributed by atoms with Crippen LogP contribution in [0.15, 0.2) is 73.4 Å². The van der Waals surface area contributed by atoms with Crippen molar-refractivity contribution in [3.63, 3.8) is 0 Å². The van der Waals surface area contributed by atoms with Gasteiger partial charge in [-0.25, -0.2) is 0 Å². The van der Waals surface area contributed by atoms with Crippen molar-refractivity contribution in [2.24, 2.45) is 0 Å². The molecule has 0 heteroatoms. The Hall–Kier alpha value is -1.82. The van der Waals surface area contributed by atoms with E-state index in [-0.39, 0.29) is 0 Å². The highest BCUT2D eigenvalue weighted by molar-refractivity contribution is 5.50. The van der Waals surface area contributed by atoms with Gasteiger partial charge in [0.15, 0.2) is 0 Å².